The van der Waals surface area contributed by atoms with Crippen LogP contribution in [-0.4, -0.2) is 124 Å². The molecule has 0 spiro atoms. The van der Waals surface area contributed by atoms with Crippen molar-refractivity contribution < 1.29 is 43.4 Å². The molecule has 15 nitrogen and oxygen atoms in total. The standard InChI is InChI=1S/C47H70N6O9/c1-12-31(6)38(44(58)52(11)39(30(4)5)41(55)48-35(45(59)60)26-29(2)3)50-40(54)36-24-19-25-53(36)43(57)37(28-33-22-17-14-18-23-33)51(10)42(56)34(27-32-20-15-13-16-21-32)49-46(61)62-47(7,8)9/h13-18,20-23,29-31,34-39H,12,19,24-28H2,1-11H3,(H,48,55)(H,49,61)(H,50,54)(H,59,60)/t31-,34+,35+,36+,37+,38+,39+/m1/s1. The summed E-state index contributed by atoms with van der Waals surface area (Å²) < 4.78 is 5.51. The van der Waals surface area contributed by atoms with Gasteiger partial charge in [0.1, 0.15) is 41.9 Å². The van der Waals surface area contributed by atoms with E-state index in [9.17, 15) is 38.7 Å². The number of nitrogens with zero attached hydrogens (tertiary/aromatic N) is 3. The first-order valence-corrected chi connectivity index (χ1v) is 21.8. The third kappa shape index (κ3) is 14.6. The van der Waals surface area contributed by atoms with Crippen LogP contribution in [0.2, 0.25) is 0 Å². The summed E-state index contributed by atoms with van der Waals surface area (Å²) in [5.41, 5.74) is 0.730. The molecule has 0 unspecified atom stereocenters. The van der Waals surface area contributed by atoms with Crippen molar-refractivity contribution in [3.63, 3.8) is 0 Å². The maximum atomic E-state index is 14.8. The van der Waals surface area contributed by atoms with Crippen LogP contribution in [0.4, 0.5) is 4.79 Å². The number of carboxylic acid groups (broad SMARTS) is 1. The van der Waals surface area contributed by atoms with Gasteiger partial charge in [0.2, 0.25) is 29.5 Å². The monoisotopic (exact) mass is 863 g/mol. The average Bonchev–Trinajstić information content (AvgIpc) is 3.70. The number of alkyl carbamates (subject to hydrolysis) is 1. The molecule has 15 heteroatoms. The zero-order chi connectivity index (χ0) is 46.5. The van der Waals surface area contributed by atoms with Gasteiger partial charge in [-0.25, -0.2) is 9.59 Å². The maximum Gasteiger partial charge on any atom is 0.408 e. The normalized spacial score (nSPS) is 16.9. The number of likely N-dealkylation sites (N-methyl/N-ethyl adjacent to an activating group) is 2. The lowest BCUT2D eigenvalue weighted by atomic mass is 9.94. The number of aliphatic carboxylic acids is 1. The average molecular weight is 863 g/mol. The first kappa shape index (κ1) is 50.9. The van der Waals surface area contributed by atoms with Crippen molar-refractivity contribution in [3.8, 4) is 0 Å². The quantitative estimate of drug-likeness (QED) is 0.145. The molecular formula is C47H70N6O9. The molecule has 2 aromatic rings. The first-order chi connectivity index (χ1) is 29.1. The summed E-state index contributed by atoms with van der Waals surface area (Å²) in [5.74, 6) is -4.63. The van der Waals surface area contributed by atoms with Crippen molar-refractivity contribution in [2.45, 2.75) is 143 Å². The van der Waals surface area contributed by atoms with Gasteiger partial charge in [-0.2, -0.15) is 0 Å². The third-order valence-corrected chi connectivity index (χ3v) is 11.2. The van der Waals surface area contributed by atoms with Crippen molar-refractivity contribution in [1.29, 1.82) is 0 Å². The molecule has 0 saturated carbocycles. The van der Waals surface area contributed by atoms with E-state index in [2.05, 4.69) is 16.0 Å². The second-order valence-corrected chi connectivity index (χ2v) is 18.3. The number of hydrogen-bond acceptors (Lipinski definition) is 8. The van der Waals surface area contributed by atoms with Gasteiger partial charge < -0.3 is 40.5 Å². The lowest BCUT2D eigenvalue weighted by molar-refractivity contribution is -0.149. The summed E-state index contributed by atoms with van der Waals surface area (Å²) in [6, 6.07) is 12.0. The van der Waals surface area contributed by atoms with E-state index < -0.39 is 89.4 Å². The van der Waals surface area contributed by atoms with Crippen LogP contribution in [0.15, 0.2) is 60.7 Å². The number of carbonyl (C=O) groups excluding carboxylic acids is 6. The summed E-state index contributed by atoms with van der Waals surface area (Å²) in [6.07, 6.45) is 0.975. The highest BCUT2D eigenvalue weighted by atomic mass is 16.6. The van der Waals surface area contributed by atoms with Gasteiger partial charge in [0.05, 0.1) is 0 Å². The predicted octanol–water partition coefficient (Wildman–Crippen LogP) is 4.81. The molecule has 342 valence electrons. The topological polar surface area (TPSA) is 195 Å². The van der Waals surface area contributed by atoms with E-state index in [1.165, 1.54) is 28.8 Å². The number of nitrogens with one attached hydrogen (secondary N) is 3. The molecular weight excluding hydrogens is 793 g/mol. The molecule has 7 atom stereocenters. The SMILES string of the molecule is CC[C@@H](C)[C@H](NC(=O)[C@@H]1CCCN1C(=O)[C@H](Cc1ccccc1)N(C)C(=O)[C@H](Cc1ccccc1)NC(=O)OC(C)(C)C)C(=O)N(C)[C@H](C(=O)N[C@@H](CC(C)C)C(=O)O)C(C)C. The van der Waals surface area contributed by atoms with Crippen molar-refractivity contribution in [2.75, 3.05) is 20.6 Å². The van der Waals surface area contributed by atoms with Crippen LogP contribution in [0.5, 0.6) is 0 Å². The van der Waals surface area contributed by atoms with Gasteiger partial charge in [0.25, 0.3) is 0 Å². The summed E-state index contributed by atoms with van der Waals surface area (Å²) in [4.78, 5) is 101. The Kier molecular flexibility index (Phi) is 19.0. The summed E-state index contributed by atoms with van der Waals surface area (Å²) in [7, 11) is 2.99. The van der Waals surface area contributed by atoms with Gasteiger partial charge >= 0.3 is 12.1 Å². The number of likely N-dealkylation sites (tertiary alicyclic amines) is 1. The van der Waals surface area contributed by atoms with E-state index in [1.54, 1.807) is 34.6 Å². The van der Waals surface area contributed by atoms with Crippen molar-refractivity contribution >= 4 is 41.6 Å². The Morgan fingerprint density at radius 1 is 0.790 bits per heavy atom. The van der Waals surface area contributed by atoms with Crippen LogP contribution in [0, 0.1) is 17.8 Å². The Bertz CT molecular complexity index is 1830. The predicted molar refractivity (Wildman–Crippen MR) is 237 cm³/mol. The van der Waals surface area contributed by atoms with Crippen molar-refractivity contribution in [1.82, 2.24) is 30.7 Å². The van der Waals surface area contributed by atoms with E-state index in [1.807, 2.05) is 88.4 Å². The van der Waals surface area contributed by atoms with Crippen LogP contribution in [0.25, 0.3) is 0 Å². The highest BCUT2D eigenvalue weighted by Gasteiger charge is 2.43. The minimum absolute atomic E-state index is 0.00692. The summed E-state index contributed by atoms with van der Waals surface area (Å²) >= 11 is 0. The van der Waals surface area contributed by atoms with E-state index >= 15 is 0 Å². The first-order valence-electron chi connectivity index (χ1n) is 21.8. The Morgan fingerprint density at radius 2 is 1.35 bits per heavy atom. The van der Waals surface area contributed by atoms with E-state index in [4.69, 9.17) is 4.74 Å². The second-order valence-electron chi connectivity index (χ2n) is 18.3. The summed E-state index contributed by atoms with van der Waals surface area (Å²) in [5, 5.41) is 18.1. The Hall–Kier alpha value is -5.47. The number of carboxylic acids is 1. The minimum Gasteiger partial charge on any atom is -0.480 e. The molecule has 1 fully saturated rings. The molecule has 0 radical (unpaired) electrons. The van der Waals surface area contributed by atoms with E-state index in [0.717, 1.165) is 11.1 Å². The molecule has 0 aromatic heterocycles. The third-order valence-electron chi connectivity index (χ3n) is 11.2. The molecule has 4 N–H and O–H groups in total. The number of amides is 6. The smallest absolute Gasteiger partial charge is 0.408 e. The van der Waals surface area contributed by atoms with Gasteiger partial charge in [0.15, 0.2) is 0 Å². The van der Waals surface area contributed by atoms with Crippen LogP contribution in [-0.2, 0) is 46.3 Å². The maximum absolute atomic E-state index is 14.8. The fraction of sp³-hybridized carbons (Fsp3) is 0.596. The molecule has 1 heterocycles. The van der Waals surface area contributed by atoms with Crippen LogP contribution >= 0.6 is 0 Å². The number of ether oxygens (including phenoxy) is 1. The number of benzene rings is 2. The molecule has 6 amide bonds. The molecule has 1 aliphatic rings. The molecule has 62 heavy (non-hydrogen) atoms. The number of rotatable bonds is 20. The Labute approximate surface area is 367 Å². The lowest BCUT2D eigenvalue weighted by Gasteiger charge is -2.37. The number of hydrogen-bond donors (Lipinski definition) is 4. The highest BCUT2D eigenvalue weighted by Crippen LogP contribution is 2.24. The Balaban J connectivity index is 1.94. The molecule has 1 aliphatic heterocycles. The lowest BCUT2D eigenvalue weighted by Crippen LogP contribution is -2.61. The van der Waals surface area contributed by atoms with Crippen LogP contribution in [0.3, 0.4) is 0 Å². The highest BCUT2D eigenvalue weighted by molar-refractivity contribution is 5.97. The zero-order valence-corrected chi connectivity index (χ0v) is 38.5. The molecule has 1 saturated heterocycles. The van der Waals surface area contributed by atoms with E-state index in [-0.39, 0.29) is 37.6 Å². The Morgan fingerprint density at radius 3 is 1.85 bits per heavy atom. The van der Waals surface area contributed by atoms with Gasteiger partial charge in [-0.1, -0.05) is 109 Å². The van der Waals surface area contributed by atoms with Gasteiger partial charge in [0, 0.05) is 33.5 Å². The second kappa shape index (κ2) is 23.1. The summed E-state index contributed by atoms with van der Waals surface area (Å²) in [6.45, 7) is 16.3. The van der Waals surface area contributed by atoms with Crippen LogP contribution < -0.4 is 16.0 Å². The van der Waals surface area contributed by atoms with Gasteiger partial charge in [-0.05, 0) is 68.9 Å². The minimum atomic E-state index is -1.17. The van der Waals surface area contributed by atoms with Crippen LogP contribution in [0.1, 0.15) is 99.1 Å². The van der Waals surface area contributed by atoms with Gasteiger partial charge in [-0.15, -0.1) is 0 Å². The number of carbonyl (C=O) groups is 7. The molecule has 3 rings (SSSR count). The molecule has 2 aromatic carbocycles. The fourth-order valence-electron chi connectivity index (χ4n) is 7.79. The molecule has 0 aliphatic carbocycles. The zero-order valence-electron chi connectivity index (χ0n) is 38.5. The van der Waals surface area contributed by atoms with E-state index in [0.29, 0.717) is 19.3 Å². The van der Waals surface area contributed by atoms with Crippen molar-refractivity contribution in [2.24, 2.45) is 17.8 Å². The van der Waals surface area contributed by atoms with Crippen molar-refractivity contribution in [3.05, 3.63) is 71.8 Å². The fourth-order valence-corrected chi connectivity index (χ4v) is 7.79. The molecule has 0 bridgehead atoms. The largest absolute Gasteiger partial charge is 0.480 e. The van der Waals surface area contributed by atoms with Gasteiger partial charge in [-0.3, -0.25) is 24.0 Å².